The van der Waals surface area contributed by atoms with Crippen molar-refractivity contribution in [2.24, 2.45) is 0 Å². The predicted octanol–water partition coefficient (Wildman–Crippen LogP) is 6.39. The number of rotatable bonds is 13. The van der Waals surface area contributed by atoms with Crippen molar-refractivity contribution in [2.75, 3.05) is 38.5 Å². The Morgan fingerprint density at radius 2 is 1.74 bits per heavy atom. The van der Waals surface area contributed by atoms with E-state index >= 15 is 0 Å². The van der Waals surface area contributed by atoms with Crippen molar-refractivity contribution in [1.29, 1.82) is 0 Å². The number of fused-ring (bicyclic) bond motifs is 1. The molecule has 0 spiro atoms. The number of sulfonamides is 1. The van der Waals surface area contributed by atoms with Crippen molar-refractivity contribution >= 4 is 21.6 Å². The lowest BCUT2D eigenvalue weighted by Gasteiger charge is -2.50. The van der Waals surface area contributed by atoms with Gasteiger partial charge in [0, 0.05) is 23.0 Å². The van der Waals surface area contributed by atoms with Crippen LogP contribution in [0.1, 0.15) is 89.5 Å². The molecule has 220 valence electrons. The fourth-order valence-electron chi connectivity index (χ4n) is 5.32. The lowest BCUT2D eigenvalue weighted by atomic mass is 9.58. The Morgan fingerprint density at radius 3 is 2.38 bits per heavy atom. The minimum absolute atomic E-state index is 0.0694. The molecule has 3 N–H and O–H groups in total. The van der Waals surface area contributed by atoms with Crippen LogP contribution in [-0.4, -0.2) is 47.0 Å². The second-order valence-electron chi connectivity index (χ2n) is 9.68. The lowest BCUT2D eigenvalue weighted by molar-refractivity contribution is 0.164. The highest BCUT2D eigenvalue weighted by Gasteiger charge is 2.47. The Labute approximate surface area is 242 Å². The van der Waals surface area contributed by atoms with E-state index in [2.05, 4.69) is 46.5 Å². The van der Waals surface area contributed by atoms with Crippen LogP contribution in [0.3, 0.4) is 0 Å². The third-order valence-electron chi connectivity index (χ3n) is 7.27. The molecule has 2 aromatic rings. The monoisotopic (exact) mass is 579 g/mol. The molecule has 0 aromatic heterocycles. The topological polar surface area (TPSA) is 79.5 Å². The zero-order chi connectivity index (χ0) is 28.7. The summed E-state index contributed by atoms with van der Waals surface area (Å²) in [6.45, 7) is 13.2. The third-order valence-corrected chi connectivity index (χ3v) is 9.00. The summed E-state index contributed by atoms with van der Waals surface area (Å²) < 4.78 is 33.0. The Hall–Kier alpha value is -1.64. The lowest BCUT2D eigenvalue weighted by Crippen LogP contribution is -2.49. The number of benzene rings is 2. The largest absolute Gasteiger partial charge is 0.492 e. The first-order chi connectivity index (χ1) is 18.9. The molecule has 1 heterocycles. The van der Waals surface area contributed by atoms with E-state index in [0.717, 1.165) is 49.5 Å². The maximum absolute atomic E-state index is 12.2. The molecule has 6 nitrogen and oxygen atoms in total. The van der Waals surface area contributed by atoms with E-state index < -0.39 is 10.0 Å². The van der Waals surface area contributed by atoms with Gasteiger partial charge in [0.25, 0.3) is 0 Å². The van der Waals surface area contributed by atoms with Crippen molar-refractivity contribution in [2.45, 2.75) is 84.6 Å². The molecule has 2 aromatic carbocycles. The number of nitrogens with one attached hydrogen (secondary N) is 3. The molecule has 4 rings (SSSR count). The summed E-state index contributed by atoms with van der Waals surface area (Å²) in [6.07, 6.45) is 6.16. The molecular formula is C31H50ClN3O3S. The van der Waals surface area contributed by atoms with Crippen molar-refractivity contribution in [3.05, 3.63) is 64.2 Å². The van der Waals surface area contributed by atoms with Crippen molar-refractivity contribution in [3.63, 3.8) is 0 Å². The van der Waals surface area contributed by atoms with E-state index in [9.17, 15) is 8.42 Å². The van der Waals surface area contributed by atoms with E-state index in [4.69, 9.17) is 16.3 Å². The zero-order valence-corrected chi connectivity index (χ0v) is 26.2. The molecular weight excluding hydrogens is 530 g/mol. The van der Waals surface area contributed by atoms with E-state index in [1.54, 1.807) is 0 Å². The van der Waals surface area contributed by atoms with Gasteiger partial charge in [0.05, 0.1) is 5.75 Å². The average molecular weight is 580 g/mol. The molecule has 0 radical (unpaired) electrons. The van der Waals surface area contributed by atoms with Gasteiger partial charge in [-0.2, -0.15) is 0 Å². The van der Waals surface area contributed by atoms with Crippen LogP contribution >= 0.6 is 11.6 Å². The molecule has 39 heavy (non-hydrogen) atoms. The van der Waals surface area contributed by atoms with Gasteiger partial charge in [-0.05, 0) is 92.7 Å². The second-order valence-corrected chi connectivity index (χ2v) is 12.0. The van der Waals surface area contributed by atoms with Crippen LogP contribution in [0.5, 0.6) is 5.75 Å². The number of hydrogen-bond donors (Lipinski definition) is 3. The Kier molecular flexibility index (Phi) is 14.8. The zero-order valence-electron chi connectivity index (χ0n) is 24.6. The molecule has 0 bridgehead atoms. The summed E-state index contributed by atoms with van der Waals surface area (Å²) >= 11 is 6.16. The summed E-state index contributed by atoms with van der Waals surface area (Å²) in [4.78, 5) is 0. The average Bonchev–Trinajstić information content (AvgIpc) is 2.94. The number of hydrogen-bond acceptors (Lipinski definition) is 5. The normalized spacial score (nSPS) is 17.4. The van der Waals surface area contributed by atoms with Gasteiger partial charge >= 0.3 is 0 Å². The molecule has 1 aliphatic heterocycles. The highest BCUT2D eigenvalue weighted by Crippen LogP contribution is 2.53. The standard InChI is InChI=1S/C27H38ClN3O3S.2C2H6/c1-2-14-29-15-4-19-35(32,33)31-17-18-34-24-10-5-21-11-16-30-26(25(21)20-24)27(12-3-13-27)22-6-8-23(28)9-7-22;2*1-2/h5-10,20,26,29-31H,2-4,11-19H2,1H3;2*1-2H3. The first-order valence-electron chi connectivity index (χ1n) is 14.9. The minimum Gasteiger partial charge on any atom is -0.492 e. The smallest absolute Gasteiger partial charge is 0.211 e. The quantitative estimate of drug-likeness (QED) is 0.240. The molecule has 1 fully saturated rings. The highest BCUT2D eigenvalue weighted by atomic mass is 35.5. The van der Waals surface area contributed by atoms with Gasteiger partial charge in [-0.1, -0.05) is 70.8 Å². The fourth-order valence-corrected chi connectivity index (χ4v) is 6.51. The van der Waals surface area contributed by atoms with Crippen LogP contribution in [0.4, 0.5) is 0 Å². The summed E-state index contributed by atoms with van der Waals surface area (Å²) in [5.74, 6) is 0.911. The summed E-state index contributed by atoms with van der Waals surface area (Å²) in [6, 6.07) is 14.9. The van der Waals surface area contributed by atoms with Crippen LogP contribution in [0.2, 0.25) is 5.02 Å². The van der Waals surface area contributed by atoms with Crippen LogP contribution < -0.4 is 20.1 Å². The molecule has 1 aliphatic carbocycles. The SMILES string of the molecule is CC.CC.CCCNCCCS(=O)(=O)NCCOc1ccc2c(c1)C(C1(c3ccc(Cl)cc3)CCC1)NCC2. The predicted molar refractivity (Wildman–Crippen MR) is 166 cm³/mol. The van der Waals surface area contributed by atoms with Gasteiger partial charge in [0.1, 0.15) is 12.4 Å². The molecule has 1 unspecified atom stereocenters. The van der Waals surface area contributed by atoms with Gasteiger partial charge in [-0.3, -0.25) is 0 Å². The van der Waals surface area contributed by atoms with E-state index in [0.29, 0.717) is 19.6 Å². The summed E-state index contributed by atoms with van der Waals surface area (Å²) in [7, 11) is -3.28. The molecule has 0 amide bonds. The summed E-state index contributed by atoms with van der Waals surface area (Å²) in [5.41, 5.74) is 4.06. The first-order valence-corrected chi connectivity index (χ1v) is 16.9. The van der Waals surface area contributed by atoms with E-state index in [-0.39, 0.29) is 23.8 Å². The third kappa shape index (κ3) is 9.46. The molecule has 0 saturated heterocycles. The van der Waals surface area contributed by atoms with E-state index in [1.165, 1.54) is 23.1 Å². The van der Waals surface area contributed by atoms with Crippen molar-refractivity contribution in [3.8, 4) is 5.75 Å². The van der Waals surface area contributed by atoms with Gasteiger partial charge in [-0.25, -0.2) is 13.1 Å². The van der Waals surface area contributed by atoms with Crippen molar-refractivity contribution < 1.29 is 13.2 Å². The maximum atomic E-state index is 12.2. The van der Waals surface area contributed by atoms with Gasteiger partial charge < -0.3 is 15.4 Å². The van der Waals surface area contributed by atoms with E-state index in [1.807, 2.05) is 45.9 Å². The van der Waals surface area contributed by atoms with Crippen LogP contribution in [0.25, 0.3) is 0 Å². The molecule has 1 atom stereocenters. The Balaban J connectivity index is 0.00000127. The van der Waals surface area contributed by atoms with Crippen molar-refractivity contribution in [1.82, 2.24) is 15.4 Å². The van der Waals surface area contributed by atoms with Crippen LogP contribution in [0.15, 0.2) is 42.5 Å². The molecule has 2 aliphatic rings. The Morgan fingerprint density at radius 1 is 1.03 bits per heavy atom. The Bertz CT molecular complexity index is 1070. The number of ether oxygens (including phenoxy) is 1. The van der Waals surface area contributed by atoms with Gasteiger partial charge in [-0.15, -0.1) is 0 Å². The highest BCUT2D eigenvalue weighted by molar-refractivity contribution is 7.89. The summed E-state index contributed by atoms with van der Waals surface area (Å²) in [5, 5.41) is 7.78. The van der Waals surface area contributed by atoms with Gasteiger partial charge in [0.2, 0.25) is 10.0 Å². The number of halogens is 1. The first kappa shape index (κ1) is 33.6. The molecule has 8 heteroatoms. The maximum Gasteiger partial charge on any atom is 0.211 e. The molecule has 1 saturated carbocycles. The van der Waals surface area contributed by atoms with Crippen LogP contribution in [0, 0.1) is 0 Å². The second kappa shape index (κ2) is 17.2. The fraction of sp³-hybridized carbons (Fsp3) is 0.613. The van der Waals surface area contributed by atoms with Gasteiger partial charge in [0.15, 0.2) is 0 Å². The minimum atomic E-state index is -3.28. The van der Waals surface area contributed by atoms with Crippen LogP contribution in [-0.2, 0) is 21.9 Å².